The van der Waals surface area contributed by atoms with E-state index in [9.17, 15) is 4.79 Å². The summed E-state index contributed by atoms with van der Waals surface area (Å²) in [5.41, 5.74) is 2.49. The molecule has 0 atom stereocenters. The lowest BCUT2D eigenvalue weighted by molar-refractivity contribution is 0.102. The molecule has 0 aliphatic rings. The summed E-state index contributed by atoms with van der Waals surface area (Å²) < 4.78 is 1.74. The van der Waals surface area contributed by atoms with Crippen molar-refractivity contribution in [3.05, 3.63) is 52.4 Å². The summed E-state index contributed by atoms with van der Waals surface area (Å²) in [5.74, 6) is 0.640. The fourth-order valence-electron chi connectivity index (χ4n) is 3.06. The van der Waals surface area contributed by atoms with E-state index in [1.165, 1.54) is 4.88 Å². The van der Waals surface area contributed by atoms with Gasteiger partial charge in [0.05, 0.1) is 23.1 Å². The molecule has 0 saturated carbocycles. The molecule has 27 heavy (non-hydrogen) atoms. The Morgan fingerprint density at radius 1 is 1.30 bits per heavy atom. The third-order valence-corrected chi connectivity index (χ3v) is 5.43. The number of anilines is 1. The molecule has 1 amide bonds. The highest BCUT2D eigenvalue weighted by atomic mass is 32.1. The monoisotopic (exact) mass is 383 g/mol. The molecule has 0 unspecified atom stereocenters. The molecule has 0 aliphatic carbocycles. The van der Waals surface area contributed by atoms with Crippen LogP contribution in [0.15, 0.2) is 30.6 Å². The molecule has 0 aliphatic heterocycles. The molecule has 3 aromatic heterocycles. The average Bonchev–Trinajstić information content (AvgIpc) is 3.27. The van der Waals surface area contributed by atoms with Crippen LogP contribution in [0.25, 0.3) is 5.82 Å². The maximum Gasteiger partial charge on any atom is 0.260 e. The maximum atomic E-state index is 12.9. The van der Waals surface area contributed by atoms with Crippen LogP contribution < -0.4 is 5.32 Å². The number of nitrogens with one attached hydrogen (secondary N) is 1. The molecule has 142 valence electrons. The molecular formula is C20H25N5OS. The quantitative estimate of drug-likeness (QED) is 0.646. The Labute approximate surface area is 163 Å². The van der Waals surface area contributed by atoms with E-state index in [1.807, 2.05) is 32.0 Å². The van der Waals surface area contributed by atoms with Crippen LogP contribution in [0.4, 0.5) is 5.13 Å². The molecule has 0 bridgehead atoms. The first-order valence-electron chi connectivity index (χ1n) is 9.34. The van der Waals surface area contributed by atoms with Gasteiger partial charge in [0.2, 0.25) is 0 Å². The Balaban J connectivity index is 1.90. The Kier molecular flexibility index (Phi) is 6.01. The van der Waals surface area contributed by atoms with Crippen LogP contribution in [0.2, 0.25) is 0 Å². The van der Waals surface area contributed by atoms with Crippen molar-refractivity contribution in [2.45, 2.75) is 52.9 Å². The second-order valence-corrected chi connectivity index (χ2v) is 7.73. The van der Waals surface area contributed by atoms with Crippen LogP contribution in [0.1, 0.15) is 66.7 Å². The molecule has 0 saturated heterocycles. The zero-order valence-electron chi connectivity index (χ0n) is 16.2. The van der Waals surface area contributed by atoms with Gasteiger partial charge in [-0.15, -0.1) is 11.3 Å². The lowest BCUT2D eigenvalue weighted by Gasteiger charge is -2.11. The standard InChI is InChI=1S/C20H25N5OS/c1-5-9-15-16(6-2)27-20(23-15)24-19(26)14-12-22-25(18(14)13(3)4)17-10-7-8-11-21-17/h7-8,10-13H,5-6,9H2,1-4H3,(H,23,24,26). The van der Waals surface area contributed by atoms with Gasteiger partial charge in [0.15, 0.2) is 10.9 Å². The van der Waals surface area contributed by atoms with Crippen molar-refractivity contribution < 1.29 is 4.79 Å². The summed E-state index contributed by atoms with van der Waals surface area (Å²) in [6.07, 6.45) is 6.24. The summed E-state index contributed by atoms with van der Waals surface area (Å²) in [5, 5.41) is 8.03. The number of rotatable bonds is 7. The zero-order chi connectivity index (χ0) is 19.4. The number of hydrogen-bond acceptors (Lipinski definition) is 5. The number of amides is 1. The number of aryl methyl sites for hydroxylation is 2. The normalized spacial score (nSPS) is 11.1. The van der Waals surface area contributed by atoms with Crippen molar-refractivity contribution in [3.8, 4) is 5.82 Å². The van der Waals surface area contributed by atoms with Crippen molar-refractivity contribution >= 4 is 22.4 Å². The third-order valence-electron chi connectivity index (χ3n) is 4.27. The summed E-state index contributed by atoms with van der Waals surface area (Å²) in [7, 11) is 0. The van der Waals surface area contributed by atoms with Crippen molar-refractivity contribution in [2.24, 2.45) is 0 Å². The minimum atomic E-state index is -0.180. The van der Waals surface area contributed by atoms with Crippen molar-refractivity contribution in [2.75, 3.05) is 5.32 Å². The molecule has 3 heterocycles. The molecule has 1 N–H and O–H groups in total. The van der Waals surface area contributed by atoms with E-state index >= 15 is 0 Å². The molecule has 7 heteroatoms. The number of nitrogens with zero attached hydrogens (tertiary/aromatic N) is 4. The molecule has 3 aromatic rings. The summed E-state index contributed by atoms with van der Waals surface area (Å²) >= 11 is 1.56. The molecule has 0 fully saturated rings. The van der Waals surface area contributed by atoms with Gasteiger partial charge in [-0.1, -0.05) is 40.2 Å². The van der Waals surface area contributed by atoms with Crippen LogP contribution in [-0.4, -0.2) is 25.7 Å². The number of pyridine rings is 1. The number of carbonyl (C=O) groups is 1. The number of aromatic nitrogens is 4. The third kappa shape index (κ3) is 4.08. The Bertz CT molecular complexity index is 914. The molecule has 3 rings (SSSR count). The summed E-state index contributed by atoms with van der Waals surface area (Å²) in [6.45, 7) is 8.35. The van der Waals surface area contributed by atoms with Gasteiger partial charge in [-0.2, -0.15) is 5.10 Å². The predicted molar refractivity (Wildman–Crippen MR) is 109 cm³/mol. The van der Waals surface area contributed by atoms with Crippen LogP contribution in [0.5, 0.6) is 0 Å². The van der Waals surface area contributed by atoms with Crippen molar-refractivity contribution in [3.63, 3.8) is 0 Å². The topological polar surface area (TPSA) is 72.7 Å². The molecule has 0 radical (unpaired) electrons. The average molecular weight is 384 g/mol. The smallest absolute Gasteiger partial charge is 0.260 e. The van der Waals surface area contributed by atoms with E-state index in [1.54, 1.807) is 28.4 Å². The minimum Gasteiger partial charge on any atom is -0.298 e. The molecule has 0 aromatic carbocycles. The van der Waals surface area contributed by atoms with E-state index in [-0.39, 0.29) is 11.8 Å². The maximum absolute atomic E-state index is 12.9. The molecular weight excluding hydrogens is 358 g/mol. The van der Waals surface area contributed by atoms with Gasteiger partial charge < -0.3 is 0 Å². The fraction of sp³-hybridized carbons (Fsp3) is 0.400. The Morgan fingerprint density at radius 3 is 2.74 bits per heavy atom. The van der Waals surface area contributed by atoms with Gasteiger partial charge in [-0.05, 0) is 30.9 Å². The zero-order valence-corrected chi connectivity index (χ0v) is 17.0. The van der Waals surface area contributed by atoms with Gasteiger partial charge in [0, 0.05) is 11.1 Å². The van der Waals surface area contributed by atoms with E-state index in [0.717, 1.165) is 30.7 Å². The van der Waals surface area contributed by atoms with Gasteiger partial charge in [0.25, 0.3) is 5.91 Å². The highest BCUT2D eigenvalue weighted by Gasteiger charge is 2.22. The highest BCUT2D eigenvalue weighted by Crippen LogP contribution is 2.27. The first-order valence-corrected chi connectivity index (χ1v) is 10.2. The number of carbonyl (C=O) groups excluding carboxylic acids is 1. The van der Waals surface area contributed by atoms with Crippen LogP contribution in [-0.2, 0) is 12.8 Å². The second-order valence-electron chi connectivity index (χ2n) is 6.64. The Morgan fingerprint density at radius 2 is 2.11 bits per heavy atom. The molecule has 0 spiro atoms. The highest BCUT2D eigenvalue weighted by molar-refractivity contribution is 7.15. The van der Waals surface area contributed by atoms with Gasteiger partial charge in [-0.3, -0.25) is 10.1 Å². The molecule has 6 nitrogen and oxygen atoms in total. The van der Waals surface area contributed by atoms with Crippen LogP contribution in [0.3, 0.4) is 0 Å². The fourth-order valence-corrected chi connectivity index (χ4v) is 4.00. The van der Waals surface area contributed by atoms with Crippen LogP contribution >= 0.6 is 11.3 Å². The summed E-state index contributed by atoms with van der Waals surface area (Å²) in [6, 6.07) is 5.65. The summed E-state index contributed by atoms with van der Waals surface area (Å²) in [4.78, 5) is 23.1. The largest absolute Gasteiger partial charge is 0.298 e. The number of hydrogen-bond donors (Lipinski definition) is 1. The van der Waals surface area contributed by atoms with Crippen LogP contribution in [0, 0.1) is 0 Å². The van der Waals surface area contributed by atoms with E-state index in [4.69, 9.17) is 0 Å². The predicted octanol–water partition coefficient (Wildman–Crippen LogP) is 4.61. The van der Waals surface area contributed by atoms with Gasteiger partial charge >= 0.3 is 0 Å². The first kappa shape index (κ1) is 19.2. The van der Waals surface area contributed by atoms with E-state index in [0.29, 0.717) is 16.5 Å². The second kappa shape index (κ2) is 8.43. The first-order chi connectivity index (χ1) is 13.0. The number of thiazole rings is 1. The van der Waals surface area contributed by atoms with Gasteiger partial charge in [0.1, 0.15) is 0 Å². The van der Waals surface area contributed by atoms with Crippen molar-refractivity contribution in [1.82, 2.24) is 19.7 Å². The van der Waals surface area contributed by atoms with Crippen molar-refractivity contribution in [1.29, 1.82) is 0 Å². The van der Waals surface area contributed by atoms with Gasteiger partial charge in [-0.25, -0.2) is 14.6 Å². The minimum absolute atomic E-state index is 0.119. The SMILES string of the molecule is CCCc1nc(NC(=O)c2cnn(-c3ccccn3)c2C(C)C)sc1CC. The van der Waals surface area contributed by atoms with E-state index in [2.05, 4.69) is 34.2 Å². The van der Waals surface area contributed by atoms with E-state index < -0.39 is 0 Å². The Hall–Kier alpha value is -2.54. The lowest BCUT2D eigenvalue weighted by Crippen LogP contribution is -2.15. The lowest BCUT2D eigenvalue weighted by atomic mass is 10.1.